The molecule has 6 nitrogen and oxygen atoms in total. The first-order chi connectivity index (χ1) is 13.9. The fourth-order valence-corrected chi connectivity index (χ4v) is 3.75. The van der Waals surface area contributed by atoms with E-state index in [4.69, 9.17) is 0 Å². The fourth-order valence-electron chi connectivity index (χ4n) is 3.75. The number of halogens is 3. The van der Waals surface area contributed by atoms with Crippen molar-refractivity contribution in [3.05, 3.63) is 47.8 Å². The van der Waals surface area contributed by atoms with Gasteiger partial charge in [0.1, 0.15) is 18.0 Å². The summed E-state index contributed by atoms with van der Waals surface area (Å²) in [5.41, 5.74) is -0.485. The summed E-state index contributed by atoms with van der Waals surface area (Å²) in [5.74, 6) is 1.51. The normalized spacial score (nSPS) is 17.7. The molecule has 0 unspecified atom stereocenters. The van der Waals surface area contributed by atoms with Gasteiger partial charge in [-0.25, -0.2) is 9.97 Å². The van der Waals surface area contributed by atoms with Crippen molar-refractivity contribution in [1.82, 2.24) is 14.9 Å². The molecule has 0 spiro atoms. The van der Waals surface area contributed by atoms with E-state index in [1.54, 1.807) is 11.2 Å². The Morgan fingerprint density at radius 1 is 0.828 bits per heavy atom. The Labute approximate surface area is 167 Å². The largest absolute Gasteiger partial charge is 0.416 e. The van der Waals surface area contributed by atoms with Crippen LogP contribution in [0.5, 0.6) is 0 Å². The third kappa shape index (κ3) is 4.28. The van der Waals surface area contributed by atoms with E-state index in [0.717, 1.165) is 36.9 Å². The molecule has 3 heterocycles. The Morgan fingerprint density at radius 2 is 1.38 bits per heavy atom. The summed E-state index contributed by atoms with van der Waals surface area (Å²) in [6.07, 6.45) is -0.491. The number of carbonyl (C=O) groups is 1. The minimum absolute atomic E-state index is 0.251. The molecule has 2 aliphatic rings. The molecule has 0 radical (unpaired) electrons. The maximum absolute atomic E-state index is 12.7. The molecule has 0 atom stereocenters. The van der Waals surface area contributed by atoms with Crippen LogP contribution in [0.3, 0.4) is 0 Å². The molecule has 1 aromatic heterocycles. The second-order valence-electron chi connectivity index (χ2n) is 7.28. The molecule has 0 aliphatic carbocycles. The molecule has 0 saturated carbocycles. The molecule has 2 aliphatic heterocycles. The van der Waals surface area contributed by atoms with Crippen molar-refractivity contribution in [2.45, 2.75) is 19.0 Å². The number of benzene rings is 1. The van der Waals surface area contributed by atoms with Gasteiger partial charge in [0.15, 0.2) is 0 Å². The van der Waals surface area contributed by atoms with Crippen molar-refractivity contribution in [1.29, 1.82) is 0 Å². The summed E-state index contributed by atoms with van der Waals surface area (Å²) in [5, 5.41) is 0. The molecule has 154 valence electrons. The Hall–Kier alpha value is -2.84. The lowest BCUT2D eigenvalue weighted by Gasteiger charge is -2.35. The number of amides is 1. The second kappa shape index (κ2) is 7.88. The predicted octanol–water partition coefficient (Wildman–Crippen LogP) is 3.06. The highest BCUT2D eigenvalue weighted by molar-refractivity contribution is 5.94. The van der Waals surface area contributed by atoms with E-state index in [-0.39, 0.29) is 11.5 Å². The first kappa shape index (κ1) is 19.5. The predicted molar refractivity (Wildman–Crippen MR) is 103 cm³/mol. The lowest BCUT2D eigenvalue weighted by molar-refractivity contribution is -0.137. The van der Waals surface area contributed by atoms with Crippen molar-refractivity contribution < 1.29 is 18.0 Å². The average molecular weight is 405 g/mol. The van der Waals surface area contributed by atoms with Crippen molar-refractivity contribution in [2.24, 2.45) is 0 Å². The van der Waals surface area contributed by atoms with E-state index < -0.39 is 11.7 Å². The van der Waals surface area contributed by atoms with E-state index >= 15 is 0 Å². The number of alkyl halides is 3. The van der Waals surface area contributed by atoms with Crippen LogP contribution >= 0.6 is 0 Å². The van der Waals surface area contributed by atoms with Gasteiger partial charge in [-0.2, -0.15) is 13.2 Å². The van der Waals surface area contributed by atoms with Gasteiger partial charge in [-0.1, -0.05) is 0 Å². The van der Waals surface area contributed by atoms with E-state index in [2.05, 4.69) is 19.8 Å². The topological polar surface area (TPSA) is 52.6 Å². The van der Waals surface area contributed by atoms with Gasteiger partial charge < -0.3 is 14.7 Å². The molecule has 9 heteroatoms. The summed E-state index contributed by atoms with van der Waals surface area (Å²) in [6, 6.07) is 6.36. The number of rotatable bonds is 3. The number of hydrogen-bond acceptors (Lipinski definition) is 5. The zero-order valence-corrected chi connectivity index (χ0v) is 15.9. The number of anilines is 2. The molecule has 0 N–H and O–H groups in total. The third-order valence-corrected chi connectivity index (χ3v) is 5.42. The molecule has 0 bridgehead atoms. The van der Waals surface area contributed by atoms with Crippen LogP contribution in [0.4, 0.5) is 24.8 Å². The maximum Gasteiger partial charge on any atom is 0.416 e. The van der Waals surface area contributed by atoms with E-state index in [1.165, 1.54) is 25.0 Å². The number of carbonyl (C=O) groups excluding carboxylic acids is 1. The molecular weight excluding hydrogens is 383 g/mol. The van der Waals surface area contributed by atoms with Crippen LogP contribution in [0.2, 0.25) is 0 Å². The Kier molecular flexibility index (Phi) is 5.29. The minimum Gasteiger partial charge on any atom is -0.356 e. The quantitative estimate of drug-likeness (QED) is 0.786. The molecule has 29 heavy (non-hydrogen) atoms. The van der Waals surface area contributed by atoms with Gasteiger partial charge in [-0.15, -0.1) is 0 Å². The Morgan fingerprint density at radius 3 is 1.93 bits per heavy atom. The lowest BCUT2D eigenvalue weighted by Crippen LogP contribution is -2.49. The number of aromatic nitrogens is 2. The van der Waals surface area contributed by atoms with Crippen LogP contribution in [-0.2, 0) is 6.18 Å². The van der Waals surface area contributed by atoms with E-state index in [0.29, 0.717) is 26.2 Å². The summed E-state index contributed by atoms with van der Waals surface area (Å²) in [6.45, 7) is 4.22. The van der Waals surface area contributed by atoms with Crippen molar-refractivity contribution in [2.75, 3.05) is 49.1 Å². The van der Waals surface area contributed by atoms with Gasteiger partial charge in [-0.05, 0) is 37.1 Å². The van der Waals surface area contributed by atoms with Crippen molar-refractivity contribution in [3.8, 4) is 0 Å². The maximum atomic E-state index is 12.7. The second-order valence-corrected chi connectivity index (χ2v) is 7.28. The monoisotopic (exact) mass is 405 g/mol. The highest BCUT2D eigenvalue weighted by atomic mass is 19.4. The van der Waals surface area contributed by atoms with E-state index in [1.807, 2.05) is 6.07 Å². The molecule has 2 aromatic rings. The molecular formula is C20H22F3N5O. The van der Waals surface area contributed by atoms with Crippen LogP contribution in [-0.4, -0.2) is 60.0 Å². The highest BCUT2D eigenvalue weighted by Gasteiger charge is 2.31. The molecule has 1 amide bonds. The summed E-state index contributed by atoms with van der Waals surface area (Å²) in [7, 11) is 0. The number of nitrogens with zero attached hydrogens (tertiary/aromatic N) is 5. The fraction of sp³-hybridized carbons (Fsp3) is 0.450. The molecule has 2 fully saturated rings. The van der Waals surface area contributed by atoms with Crippen LogP contribution in [0, 0.1) is 0 Å². The average Bonchev–Trinajstić information content (AvgIpc) is 3.28. The van der Waals surface area contributed by atoms with Gasteiger partial charge in [-0.3, -0.25) is 4.79 Å². The van der Waals surface area contributed by atoms with Crippen LogP contribution in [0.25, 0.3) is 0 Å². The molecule has 1 aromatic carbocycles. The first-order valence-corrected chi connectivity index (χ1v) is 9.70. The molecule has 2 saturated heterocycles. The van der Waals surface area contributed by atoms with Crippen LogP contribution < -0.4 is 9.80 Å². The summed E-state index contributed by atoms with van der Waals surface area (Å²) in [4.78, 5) is 27.4. The van der Waals surface area contributed by atoms with Gasteiger partial charge in [0.2, 0.25) is 0 Å². The highest BCUT2D eigenvalue weighted by Crippen LogP contribution is 2.29. The molecule has 4 rings (SSSR count). The zero-order chi connectivity index (χ0) is 20.4. The van der Waals surface area contributed by atoms with Crippen molar-refractivity contribution >= 4 is 17.5 Å². The third-order valence-electron chi connectivity index (χ3n) is 5.42. The van der Waals surface area contributed by atoms with Gasteiger partial charge in [0, 0.05) is 50.9 Å². The van der Waals surface area contributed by atoms with Gasteiger partial charge in [0.05, 0.1) is 5.56 Å². The Balaban J connectivity index is 1.38. The van der Waals surface area contributed by atoms with Crippen molar-refractivity contribution in [3.63, 3.8) is 0 Å². The number of hydrogen-bond donors (Lipinski definition) is 0. The zero-order valence-electron chi connectivity index (χ0n) is 15.9. The number of piperazine rings is 1. The summed E-state index contributed by atoms with van der Waals surface area (Å²) < 4.78 is 38.1. The lowest BCUT2D eigenvalue weighted by atomic mass is 10.1. The standard InChI is InChI=1S/C20H22F3N5O/c21-20(22,23)16-5-3-15(4-6-16)19(29)28-11-9-27(10-12-28)18-13-17(24-14-25-18)26-7-1-2-8-26/h3-6,13-14H,1-2,7-12H2. The first-order valence-electron chi connectivity index (χ1n) is 9.70. The Bertz CT molecular complexity index is 857. The minimum atomic E-state index is -4.40. The smallest absolute Gasteiger partial charge is 0.356 e. The van der Waals surface area contributed by atoms with Crippen LogP contribution in [0.1, 0.15) is 28.8 Å². The van der Waals surface area contributed by atoms with Crippen LogP contribution in [0.15, 0.2) is 36.7 Å². The van der Waals surface area contributed by atoms with E-state index in [9.17, 15) is 18.0 Å². The van der Waals surface area contributed by atoms with Gasteiger partial charge in [0.25, 0.3) is 5.91 Å². The van der Waals surface area contributed by atoms with Gasteiger partial charge >= 0.3 is 6.18 Å². The SMILES string of the molecule is O=C(c1ccc(C(F)(F)F)cc1)N1CCN(c2cc(N3CCCC3)ncn2)CC1. The summed E-state index contributed by atoms with van der Waals surface area (Å²) >= 11 is 0.